The first-order valence-corrected chi connectivity index (χ1v) is 7.00. The van der Waals surface area contributed by atoms with E-state index in [9.17, 15) is 5.11 Å². The third-order valence-electron chi connectivity index (χ3n) is 3.72. The molecule has 0 unspecified atom stereocenters. The van der Waals surface area contributed by atoms with Crippen molar-refractivity contribution in [1.29, 1.82) is 0 Å². The lowest BCUT2D eigenvalue weighted by Gasteiger charge is -2.24. The van der Waals surface area contributed by atoms with Crippen molar-refractivity contribution >= 4 is 5.69 Å². The molecule has 0 bridgehead atoms. The summed E-state index contributed by atoms with van der Waals surface area (Å²) >= 11 is 0. The first-order valence-electron chi connectivity index (χ1n) is 7.00. The number of hydrogen-bond donors (Lipinski definition) is 1. The first kappa shape index (κ1) is 12.9. The summed E-state index contributed by atoms with van der Waals surface area (Å²) in [5, 5.41) is 10.2. The van der Waals surface area contributed by atoms with Crippen LogP contribution in [0.4, 0.5) is 5.69 Å². The summed E-state index contributed by atoms with van der Waals surface area (Å²) in [6.45, 7) is 4.31. The van der Waals surface area contributed by atoms with Crippen LogP contribution >= 0.6 is 0 Å². The van der Waals surface area contributed by atoms with Crippen LogP contribution in [0.25, 0.3) is 0 Å². The van der Waals surface area contributed by atoms with E-state index in [2.05, 4.69) is 11.0 Å². The van der Waals surface area contributed by atoms with Crippen LogP contribution in [0.5, 0.6) is 11.5 Å². The SMILES string of the molecule is Cc1cccc(CN2CCCOc3ccccc32)c1O. The lowest BCUT2D eigenvalue weighted by molar-refractivity contribution is 0.322. The summed E-state index contributed by atoms with van der Waals surface area (Å²) in [7, 11) is 0. The highest BCUT2D eigenvalue weighted by Gasteiger charge is 2.17. The zero-order chi connectivity index (χ0) is 13.9. The summed E-state index contributed by atoms with van der Waals surface area (Å²) in [4.78, 5) is 2.27. The molecule has 0 spiro atoms. The maximum absolute atomic E-state index is 10.2. The Morgan fingerprint density at radius 3 is 2.90 bits per heavy atom. The molecule has 20 heavy (non-hydrogen) atoms. The Kier molecular flexibility index (Phi) is 3.50. The lowest BCUT2D eigenvalue weighted by Crippen LogP contribution is -2.23. The van der Waals surface area contributed by atoms with Gasteiger partial charge in [0.15, 0.2) is 0 Å². The molecule has 1 aliphatic rings. The van der Waals surface area contributed by atoms with E-state index in [1.54, 1.807) is 0 Å². The molecule has 0 aromatic heterocycles. The molecule has 3 rings (SSSR count). The fraction of sp³-hybridized carbons (Fsp3) is 0.294. The molecule has 2 aromatic rings. The predicted molar refractivity (Wildman–Crippen MR) is 80.4 cm³/mol. The van der Waals surface area contributed by atoms with Crippen LogP contribution in [0.2, 0.25) is 0 Å². The number of benzene rings is 2. The molecule has 104 valence electrons. The number of nitrogens with zero attached hydrogens (tertiary/aromatic N) is 1. The topological polar surface area (TPSA) is 32.7 Å². The van der Waals surface area contributed by atoms with Gasteiger partial charge in [0.1, 0.15) is 11.5 Å². The Hall–Kier alpha value is -2.16. The fourth-order valence-electron chi connectivity index (χ4n) is 2.62. The van der Waals surface area contributed by atoms with Crippen molar-refractivity contribution in [3.05, 3.63) is 53.6 Å². The average molecular weight is 269 g/mol. The number of aryl methyl sites for hydroxylation is 1. The van der Waals surface area contributed by atoms with Crippen LogP contribution in [-0.4, -0.2) is 18.3 Å². The molecule has 0 saturated carbocycles. The Labute approximate surface area is 119 Å². The number of phenolic OH excluding ortho intramolecular Hbond substituents is 1. The molecule has 0 atom stereocenters. The molecule has 1 N–H and O–H groups in total. The normalized spacial score (nSPS) is 14.3. The standard InChI is InChI=1S/C17H19NO2/c1-13-6-4-7-14(17(13)19)12-18-10-5-11-20-16-9-3-2-8-15(16)18/h2-4,6-9,19H,5,10-12H2,1H3. The Bertz CT molecular complexity index is 610. The van der Waals surface area contributed by atoms with E-state index in [1.165, 1.54) is 0 Å². The zero-order valence-corrected chi connectivity index (χ0v) is 11.7. The molecular formula is C17H19NO2. The van der Waals surface area contributed by atoms with E-state index in [-0.39, 0.29) is 0 Å². The van der Waals surface area contributed by atoms with Crippen LogP contribution in [0.3, 0.4) is 0 Å². The number of hydrogen-bond acceptors (Lipinski definition) is 3. The molecular weight excluding hydrogens is 250 g/mol. The highest BCUT2D eigenvalue weighted by molar-refractivity contribution is 5.59. The number of anilines is 1. The number of ether oxygens (including phenoxy) is 1. The highest BCUT2D eigenvalue weighted by Crippen LogP contribution is 2.33. The molecule has 3 nitrogen and oxygen atoms in total. The van der Waals surface area contributed by atoms with Gasteiger partial charge < -0.3 is 14.7 Å². The highest BCUT2D eigenvalue weighted by atomic mass is 16.5. The summed E-state index contributed by atoms with van der Waals surface area (Å²) in [6.07, 6.45) is 0.987. The fourth-order valence-corrected chi connectivity index (χ4v) is 2.62. The molecule has 3 heteroatoms. The van der Waals surface area contributed by atoms with Crippen molar-refractivity contribution in [2.75, 3.05) is 18.1 Å². The van der Waals surface area contributed by atoms with Gasteiger partial charge >= 0.3 is 0 Å². The number of fused-ring (bicyclic) bond motifs is 1. The van der Waals surface area contributed by atoms with Crippen molar-refractivity contribution < 1.29 is 9.84 Å². The van der Waals surface area contributed by atoms with Crippen molar-refractivity contribution in [2.45, 2.75) is 19.9 Å². The third kappa shape index (κ3) is 2.44. The Morgan fingerprint density at radius 1 is 1.15 bits per heavy atom. The molecule has 0 radical (unpaired) electrons. The quantitative estimate of drug-likeness (QED) is 0.906. The van der Waals surface area contributed by atoms with Crippen LogP contribution < -0.4 is 9.64 Å². The minimum atomic E-state index is 0.398. The van der Waals surface area contributed by atoms with Crippen molar-refractivity contribution in [3.8, 4) is 11.5 Å². The van der Waals surface area contributed by atoms with E-state index in [0.29, 0.717) is 12.3 Å². The molecule has 2 aromatic carbocycles. The van der Waals surface area contributed by atoms with Gasteiger partial charge in [-0.1, -0.05) is 30.3 Å². The second kappa shape index (κ2) is 5.45. The first-order chi connectivity index (χ1) is 9.75. The van der Waals surface area contributed by atoms with Gasteiger partial charge in [0.25, 0.3) is 0 Å². The van der Waals surface area contributed by atoms with E-state index >= 15 is 0 Å². The van der Waals surface area contributed by atoms with Crippen LogP contribution in [0.15, 0.2) is 42.5 Å². The predicted octanol–water partition coefficient (Wildman–Crippen LogP) is 3.49. The van der Waals surface area contributed by atoms with Gasteiger partial charge in [0.2, 0.25) is 0 Å². The van der Waals surface area contributed by atoms with E-state index in [4.69, 9.17) is 4.74 Å². The van der Waals surface area contributed by atoms with Crippen LogP contribution in [0, 0.1) is 6.92 Å². The third-order valence-corrected chi connectivity index (χ3v) is 3.72. The minimum absolute atomic E-state index is 0.398. The molecule has 0 aliphatic carbocycles. The smallest absolute Gasteiger partial charge is 0.142 e. The van der Waals surface area contributed by atoms with E-state index in [1.807, 2.05) is 43.3 Å². The van der Waals surface area contributed by atoms with Gasteiger partial charge in [0, 0.05) is 18.7 Å². The van der Waals surface area contributed by atoms with Crippen molar-refractivity contribution in [1.82, 2.24) is 0 Å². The number of phenols is 1. The summed E-state index contributed by atoms with van der Waals surface area (Å²) in [5.74, 6) is 1.33. The van der Waals surface area contributed by atoms with E-state index < -0.39 is 0 Å². The maximum atomic E-state index is 10.2. The van der Waals surface area contributed by atoms with Gasteiger partial charge in [-0.2, -0.15) is 0 Å². The Morgan fingerprint density at radius 2 is 2.00 bits per heavy atom. The second-order valence-electron chi connectivity index (χ2n) is 5.17. The molecule has 0 amide bonds. The zero-order valence-electron chi connectivity index (χ0n) is 11.7. The number of para-hydroxylation sites is 3. The van der Waals surface area contributed by atoms with Crippen LogP contribution in [-0.2, 0) is 6.54 Å². The van der Waals surface area contributed by atoms with Crippen LogP contribution in [0.1, 0.15) is 17.5 Å². The van der Waals surface area contributed by atoms with Crippen molar-refractivity contribution in [2.24, 2.45) is 0 Å². The summed E-state index contributed by atoms with van der Waals surface area (Å²) < 4.78 is 5.77. The second-order valence-corrected chi connectivity index (χ2v) is 5.17. The molecule has 0 fully saturated rings. The van der Waals surface area contributed by atoms with Gasteiger partial charge in [-0.3, -0.25) is 0 Å². The molecule has 1 heterocycles. The lowest BCUT2D eigenvalue weighted by atomic mass is 10.1. The van der Waals surface area contributed by atoms with Gasteiger partial charge in [0.05, 0.1) is 12.3 Å². The minimum Gasteiger partial charge on any atom is -0.507 e. The van der Waals surface area contributed by atoms with Gasteiger partial charge in [-0.05, 0) is 31.0 Å². The largest absolute Gasteiger partial charge is 0.507 e. The molecule has 1 aliphatic heterocycles. The summed E-state index contributed by atoms with van der Waals surface area (Å²) in [6, 6.07) is 14.0. The maximum Gasteiger partial charge on any atom is 0.142 e. The molecule has 0 saturated heterocycles. The Balaban J connectivity index is 1.92. The van der Waals surface area contributed by atoms with Gasteiger partial charge in [-0.25, -0.2) is 0 Å². The average Bonchev–Trinajstić information content (AvgIpc) is 2.67. The summed E-state index contributed by atoms with van der Waals surface area (Å²) in [5.41, 5.74) is 2.98. The number of rotatable bonds is 2. The van der Waals surface area contributed by atoms with Crippen molar-refractivity contribution in [3.63, 3.8) is 0 Å². The van der Waals surface area contributed by atoms with E-state index in [0.717, 1.165) is 42.1 Å². The number of aromatic hydroxyl groups is 1. The van der Waals surface area contributed by atoms with Gasteiger partial charge in [-0.15, -0.1) is 0 Å². The monoisotopic (exact) mass is 269 g/mol.